The van der Waals surface area contributed by atoms with Gasteiger partial charge in [-0.15, -0.1) is 0 Å². The lowest BCUT2D eigenvalue weighted by Gasteiger charge is -2.27. The minimum absolute atomic E-state index is 0.0280. The number of carboxylic acids is 2. The number of primary amides is 2. The molecule has 0 saturated carbocycles. The zero-order chi connectivity index (χ0) is 46.1. The maximum atomic E-state index is 13.5. The van der Waals surface area contributed by atoms with Gasteiger partial charge in [0.05, 0.1) is 38.9 Å². The van der Waals surface area contributed by atoms with Gasteiger partial charge in [-0.1, -0.05) is 13.8 Å². The van der Waals surface area contributed by atoms with Crippen LogP contribution < -0.4 is 59.7 Å². The largest absolute Gasteiger partial charge is 0.481 e. The van der Waals surface area contributed by atoms with Crippen LogP contribution in [0.4, 0.5) is 0 Å². The SMILES string of the molecule is CC(C)C[C@H](NC(=O)[C@@H](N)CCC(N)=O)C(=O)N[C@@H](CCC(N)=O)C(=O)N[C@@H](CCC(=O)O)C(=O)N[C@@H](CO)C(=O)NCC(=O)NCC(=O)NCC(=O)N[C@@H](CO)C(=O)O. The van der Waals surface area contributed by atoms with E-state index in [0.29, 0.717) is 0 Å². The molecular weight excluding hydrogens is 806 g/mol. The van der Waals surface area contributed by atoms with Gasteiger partial charge in [-0.05, 0) is 31.6 Å². The van der Waals surface area contributed by atoms with Crippen LogP contribution in [0, 0.1) is 5.92 Å². The molecule has 0 aromatic carbocycles. The molecule has 0 radical (unpaired) electrons. The van der Waals surface area contributed by atoms with E-state index >= 15 is 0 Å². The molecule has 0 aliphatic carbocycles. The molecule has 0 aromatic heterocycles. The lowest BCUT2D eigenvalue weighted by Crippen LogP contribution is -2.59. The number of hydrogen-bond acceptors (Lipinski definition) is 15. The number of aliphatic hydroxyl groups excluding tert-OH is 2. The summed E-state index contributed by atoms with van der Waals surface area (Å²) in [6.45, 7) is -0.785. The van der Waals surface area contributed by atoms with Gasteiger partial charge in [0.2, 0.25) is 59.1 Å². The Balaban J connectivity index is 5.70. The summed E-state index contributed by atoms with van der Waals surface area (Å²) in [7, 11) is 0. The van der Waals surface area contributed by atoms with E-state index in [0.717, 1.165) is 0 Å². The maximum absolute atomic E-state index is 13.5. The van der Waals surface area contributed by atoms with Crippen LogP contribution in [0.25, 0.3) is 0 Å². The van der Waals surface area contributed by atoms with Crippen molar-refractivity contribution in [1.29, 1.82) is 0 Å². The molecule has 10 amide bonds. The predicted molar refractivity (Wildman–Crippen MR) is 202 cm³/mol. The van der Waals surface area contributed by atoms with E-state index in [-0.39, 0.29) is 25.2 Å². The van der Waals surface area contributed by atoms with Crippen molar-refractivity contribution in [3.63, 3.8) is 0 Å². The lowest BCUT2D eigenvalue weighted by atomic mass is 10.0. The zero-order valence-corrected chi connectivity index (χ0v) is 32.9. The van der Waals surface area contributed by atoms with Crippen LogP contribution in [-0.2, 0) is 57.5 Å². The molecule has 27 nitrogen and oxygen atoms in total. The average molecular weight is 862 g/mol. The van der Waals surface area contributed by atoms with E-state index in [1.54, 1.807) is 13.8 Å². The van der Waals surface area contributed by atoms with Crippen molar-refractivity contribution in [1.82, 2.24) is 42.5 Å². The van der Waals surface area contributed by atoms with Crippen LogP contribution in [0.2, 0.25) is 0 Å². The molecule has 0 spiro atoms. The van der Waals surface area contributed by atoms with Crippen molar-refractivity contribution >= 4 is 71.0 Å². The maximum Gasteiger partial charge on any atom is 0.328 e. The van der Waals surface area contributed by atoms with Gasteiger partial charge in [-0.25, -0.2) is 4.79 Å². The fourth-order valence-corrected chi connectivity index (χ4v) is 4.72. The van der Waals surface area contributed by atoms with Crippen molar-refractivity contribution in [2.75, 3.05) is 32.8 Å². The Bertz CT molecular complexity index is 1580. The van der Waals surface area contributed by atoms with Crippen LogP contribution in [0.3, 0.4) is 0 Å². The third-order valence-corrected chi connectivity index (χ3v) is 7.92. The van der Waals surface area contributed by atoms with Gasteiger partial charge in [0.25, 0.3) is 0 Å². The van der Waals surface area contributed by atoms with Gasteiger partial charge in [0.1, 0.15) is 30.2 Å². The molecule has 0 fully saturated rings. The smallest absolute Gasteiger partial charge is 0.328 e. The highest BCUT2D eigenvalue weighted by atomic mass is 16.4. The standard InChI is InChI=1S/C33H55N11O16/c1-15(2)9-19(43-28(54)16(34)3-6-22(35)47)32(58)42-17(4-7-23(36)48)30(56)41-18(5-8-27(52)53)31(57)44-20(13-45)29(55)39-11-25(50)37-10-24(49)38-12-26(51)40-21(14-46)33(59)60/h15-21,45-46H,3-14,34H2,1-2H3,(H2,35,47)(H2,36,48)(H,37,50)(H,38,49)(H,39,55)(H,40,51)(H,41,56)(H,42,58)(H,43,54)(H,44,57)(H,52,53)(H,59,60)/t16-,17-,18-,19-,20-,21-/m0/s1. The normalized spacial score (nSPS) is 13.7. The number of carbonyl (C=O) groups excluding carboxylic acids is 10. The van der Waals surface area contributed by atoms with Gasteiger partial charge in [0.15, 0.2) is 0 Å². The molecule has 0 rings (SSSR count). The highest BCUT2D eigenvalue weighted by molar-refractivity contribution is 5.97. The van der Waals surface area contributed by atoms with Crippen molar-refractivity contribution in [3.8, 4) is 0 Å². The van der Waals surface area contributed by atoms with Gasteiger partial charge in [-0.3, -0.25) is 52.7 Å². The van der Waals surface area contributed by atoms with Crippen LogP contribution >= 0.6 is 0 Å². The monoisotopic (exact) mass is 861 g/mol. The molecule has 0 unspecified atom stereocenters. The van der Waals surface area contributed by atoms with Crippen molar-refractivity contribution in [2.24, 2.45) is 23.1 Å². The minimum Gasteiger partial charge on any atom is -0.481 e. The average Bonchev–Trinajstić information content (AvgIpc) is 3.17. The first kappa shape index (κ1) is 53.5. The Morgan fingerprint density at radius 1 is 0.483 bits per heavy atom. The van der Waals surface area contributed by atoms with E-state index in [1.807, 2.05) is 5.32 Å². The summed E-state index contributed by atoms with van der Waals surface area (Å²) in [6, 6.07) is -9.26. The summed E-state index contributed by atoms with van der Waals surface area (Å²) >= 11 is 0. The van der Waals surface area contributed by atoms with Crippen molar-refractivity contribution in [2.45, 2.75) is 95.0 Å². The van der Waals surface area contributed by atoms with E-state index in [2.05, 4.69) is 37.2 Å². The molecule has 0 bridgehead atoms. The Kier molecular flexibility index (Phi) is 25.0. The van der Waals surface area contributed by atoms with Crippen molar-refractivity contribution in [3.05, 3.63) is 0 Å². The molecule has 0 heterocycles. The number of rotatable bonds is 30. The molecular formula is C33H55N11O16. The first-order valence-electron chi connectivity index (χ1n) is 18.3. The second-order valence-corrected chi connectivity index (χ2v) is 13.5. The Labute approximate surface area is 342 Å². The van der Waals surface area contributed by atoms with Crippen LogP contribution in [0.1, 0.15) is 58.8 Å². The first-order chi connectivity index (χ1) is 28.0. The number of carboxylic acid groups (broad SMARTS) is 2. The lowest BCUT2D eigenvalue weighted by molar-refractivity contribution is -0.143. The van der Waals surface area contributed by atoms with Gasteiger partial charge >= 0.3 is 11.9 Å². The van der Waals surface area contributed by atoms with Crippen molar-refractivity contribution < 1.29 is 78.0 Å². The van der Waals surface area contributed by atoms with E-state index < -0.39 is 166 Å². The Hall–Kier alpha value is -6.48. The fraction of sp³-hybridized carbons (Fsp3) is 0.636. The fourth-order valence-electron chi connectivity index (χ4n) is 4.72. The summed E-state index contributed by atoms with van der Waals surface area (Å²) in [5.41, 5.74) is 16.2. The van der Waals surface area contributed by atoms with Crippen LogP contribution in [0.15, 0.2) is 0 Å². The van der Waals surface area contributed by atoms with Crippen LogP contribution in [-0.4, -0.2) is 161 Å². The topological polar surface area (TPSA) is 460 Å². The van der Waals surface area contributed by atoms with Gasteiger partial charge < -0.3 is 80.2 Å². The number of aliphatic hydroxyl groups is 2. The zero-order valence-electron chi connectivity index (χ0n) is 32.9. The van der Waals surface area contributed by atoms with Gasteiger partial charge in [-0.2, -0.15) is 0 Å². The predicted octanol–water partition coefficient (Wildman–Crippen LogP) is -8.40. The third-order valence-electron chi connectivity index (χ3n) is 7.92. The summed E-state index contributed by atoms with van der Waals surface area (Å²) in [5, 5.41) is 54.1. The number of aliphatic carboxylic acids is 2. The van der Waals surface area contributed by atoms with E-state index in [1.165, 1.54) is 0 Å². The van der Waals surface area contributed by atoms with Crippen LogP contribution in [0.5, 0.6) is 0 Å². The highest BCUT2D eigenvalue weighted by Gasteiger charge is 2.33. The number of carbonyl (C=O) groups is 12. The summed E-state index contributed by atoms with van der Waals surface area (Å²) in [5.74, 6) is -12.8. The summed E-state index contributed by atoms with van der Waals surface area (Å²) < 4.78 is 0. The second-order valence-electron chi connectivity index (χ2n) is 13.5. The molecule has 6 atom stereocenters. The van der Waals surface area contributed by atoms with E-state index in [9.17, 15) is 67.7 Å². The number of nitrogens with two attached hydrogens (primary N) is 3. The second kappa shape index (κ2) is 28.0. The first-order valence-corrected chi connectivity index (χ1v) is 18.3. The molecule has 18 N–H and O–H groups in total. The highest BCUT2D eigenvalue weighted by Crippen LogP contribution is 2.09. The Morgan fingerprint density at radius 2 is 0.900 bits per heavy atom. The third kappa shape index (κ3) is 23.1. The molecule has 338 valence electrons. The number of hydrogen-bond donors (Lipinski definition) is 15. The summed E-state index contributed by atoms with van der Waals surface area (Å²) in [6.07, 6.45) is -2.52. The van der Waals surface area contributed by atoms with E-state index in [4.69, 9.17) is 27.4 Å². The van der Waals surface area contributed by atoms with Gasteiger partial charge in [0, 0.05) is 19.3 Å². The Morgan fingerprint density at radius 3 is 1.35 bits per heavy atom. The quantitative estimate of drug-likeness (QED) is 0.0319. The minimum atomic E-state index is -1.79. The molecule has 0 saturated heterocycles. The molecule has 60 heavy (non-hydrogen) atoms. The number of amides is 10. The molecule has 0 aromatic rings. The molecule has 0 aliphatic heterocycles. The summed E-state index contributed by atoms with van der Waals surface area (Å²) in [4.78, 5) is 146. The molecule has 27 heteroatoms. The molecule has 0 aliphatic rings. The number of nitrogens with one attached hydrogen (secondary N) is 8.